The second-order valence-electron chi connectivity index (χ2n) is 4.49. The molecule has 0 aromatic carbocycles. The van der Waals surface area contributed by atoms with Crippen molar-refractivity contribution in [3.63, 3.8) is 0 Å². The predicted octanol–water partition coefficient (Wildman–Crippen LogP) is 2.81. The van der Waals surface area contributed by atoms with Gasteiger partial charge >= 0.3 is 0 Å². The lowest BCUT2D eigenvalue weighted by Crippen LogP contribution is -2.24. The maximum atomic E-state index is 5.96. The van der Waals surface area contributed by atoms with Crippen LogP contribution in [0.4, 0.5) is 0 Å². The van der Waals surface area contributed by atoms with Crippen molar-refractivity contribution in [1.29, 1.82) is 0 Å². The van der Waals surface area contributed by atoms with Gasteiger partial charge in [-0.2, -0.15) is 0 Å². The molecule has 0 aliphatic rings. The van der Waals surface area contributed by atoms with Gasteiger partial charge < -0.3 is 0 Å². The average Bonchev–Trinajstić information content (AvgIpc) is 2.28. The summed E-state index contributed by atoms with van der Waals surface area (Å²) in [6.07, 6.45) is 0. The van der Waals surface area contributed by atoms with Crippen LogP contribution in [-0.2, 0) is 5.54 Å². The lowest BCUT2D eigenvalue weighted by molar-refractivity contribution is 0.377. The van der Waals surface area contributed by atoms with Crippen molar-refractivity contribution in [2.75, 3.05) is 0 Å². The Morgan fingerprint density at radius 3 is 2.08 bits per heavy atom. The molecule has 0 aliphatic carbocycles. The van der Waals surface area contributed by atoms with E-state index in [-0.39, 0.29) is 5.54 Å². The van der Waals surface area contributed by atoms with Gasteiger partial charge in [0.15, 0.2) is 0 Å². The molecule has 0 spiro atoms. The van der Waals surface area contributed by atoms with Gasteiger partial charge in [0.2, 0.25) is 5.28 Å². The van der Waals surface area contributed by atoms with Crippen molar-refractivity contribution < 1.29 is 0 Å². The lowest BCUT2D eigenvalue weighted by atomic mass is 10.1. The van der Waals surface area contributed by atoms with Gasteiger partial charge in [0, 0.05) is 11.5 Å². The van der Waals surface area contributed by atoms with Crippen LogP contribution in [0.25, 0.3) is 0 Å². The van der Waals surface area contributed by atoms with Crippen molar-refractivity contribution in [1.82, 2.24) is 14.8 Å². The molecular weight excluding hydrogens is 186 g/mol. The van der Waals surface area contributed by atoms with Gasteiger partial charge in [-0.1, -0.05) is 13.8 Å². The highest BCUT2D eigenvalue weighted by molar-refractivity contribution is 6.28. The molecule has 0 N–H and O–H groups in total. The molecule has 4 heteroatoms. The molecule has 3 nitrogen and oxygen atoms in total. The number of aromatic nitrogens is 3. The normalized spacial score (nSPS) is 12.5. The molecule has 0 unspecified atom stereocenters. The number of hydrogen-bond acceptors (Lipinski definition) is 2. The van der Waals surface area contributed by atoms with Crippen LogP contribution in [0.15, 0.2) is 0 Å². The van der Waals surface area contributed by atoms with Gasteiger partial charge in [-0.15, -0.1) is 10.2 Å². The highest BCUT2D eigenvalue weighted by Gasteiger charge is 2.23. The third-order valence-corrected chi connectivity index (χ3v) is 2.08. The van der Waals surface area contributed by atoms with Crippen LogP contribution in [0, 0.1) is 0 Å². The zero-order chi connectivity index (χ0) is 10.2. The summed E-state index contributed by atoms with van der Waals surface area (Å²) in [6, 6.07) is 0. The van der Waals surface area contributed by atoms with Crippen molar-refractivity contribution in [3.05, 3.63) is 11.1 Å². The zero-order valence-electron chi connectivity index (χ0n) is 8.80. The van der Waals surface area contributed by atoms with E-state index in [0.717, 1.165) is 5.82 Å². The SMILES string of the molecule is CC(C)c1nnc(Cl)n1C(C)(C)C. The van der Waals surface area contributed by atoms with Crippen molar-refractivity contribution >= 4 is 11.6 Å². The van der Waals surface area contributed by atoms with Crippen LogP contribution in [0.5, 0.6) is 0 Å². The molecule has 0 fully saturated rings. The molecular formula is C9H16ClN3. The Balaban J connectivity index is 3.25. The molecule has 0 bridgehead atoms. The molecule has 0 saturated carbocycles. The van der Waals surface area contributed by atoms with Crippen molar-refractivity contribution in [2.24, 2.45) is 0 Å². The Morgan fingerprint density at radius 1 is 1.23 bits per heavy atom. The Bertz CT molecular complexity index is 296. The molecule has 0 radical (unpaired) electrons. The average molecular weight is 202 g/mol. The summed E-state index contributed by atoms with van der Waals surface area (Å²) < 4.78 is 1.97. The van der Waals surface area contributed by atoms with Gasteiger partial charge in [0.25, 0.3) is 0 Å². The minimum absolute atomic E-state index is 0.0554. The molecule has 1 aromatic rings. The van der Waals surface area contributed by atoms with E-state index in [1.54, 1.807) is 0 Å². The molecule has 1 rings (SSSR count). The summed E-state index contributed by atoms with van der Waals surface area (Å²) in [5.74, 6) is 1.29. The van der Waals surface area contributed by atoms with Crippen LogP contribution in [0.2, 0.25) is 5.28 Å². The maximum absolute atomic E-state index is 5.96. The van der Waals surface area contributed by atoms with E-state index in [4.69, 9.17) is 11.6 Å². The van der Waals surface area contributed by atoms with Gasteiger partial charge in [-0.25, -0.2) is 0 Å². The summed E-state index contributed by atoms with van der Waals surface area (Å²) in [5.41, 5.74) is -0.0554. The first-order valence-electron chi connectivity index (χ1n) is 4.45. The quantitative estimate of drug-likeness (QED) is 0.700. The maximum Gasteiger partial charge on any atom is 0.225 e. The number of halogens is 1. The summed E-state index contributed by atoms with van der Waals surface area (Å²) in [4.78, 5) is 0. The molecule has 74 valence electrons. The molecule has 1 aromatic heterocycles. The number of nitrogens with zero attached hydrogens (tertiary/aromatic N) is 3. The highest BCUT2D eigenvalue weighted by atomic mass is 35.5. The van der Waals surface area contributed by atoms with Crippen LogP contribution in [-0.4, -0.2) is 14.8 Å². The second kappa shape index (κ2) is 3.29. The van der Waals surface area contributed by atoms with Crippen LogP contribution in [0.1, 0.15) is 46.4 Å². The number of rotatable bonds is 1. The second-order valence-corrected chi connectivity index (χ2v) is 4.83. The first-order chi connectivity index (χ1) is 5.84. The van der Waals surface area contributed by atoms with E-state index in [2.05, 4.69) is 44.8 Å². The minimum atomic E-state index is -0.0554. The molecule has 1 heterocycles. The molecule has 0 saturated heterocycles. The summed E-state index contributed by atoms with van der Waals surface area (Å²) in [5, 5.41) is 8.41. The fourth-order valence-corrected chi connectivity index (χ4v) is 1.65. The van der Waals surface area contributed by atoms with E-state index in [1.165, 1.54) is 0 Å². The topological polar surface area (TPSA) is 30.7 Å². The highest BCUT2D eigenvalue weighted by Crippen LogP contribution is 2.25. The summed E-state index contributed by atoms with van der Waals surface area (Å²) >= 11 is 5.96. The lowest BCUT2D eigenvalue weighted by Gasteiger charge is -2.24. The van der Waals surface area contributed by atoms with Gasteiger partial charge in [0.1, 0.15) is 5.82 Å². The van der Waals surface area contributed by atoms with E-state index in [0.29, 0.717) is 11.2 Å². The Labute approximate surface area is 84.1 Å². The van der Waals surface area contributed by atoms with E-state index in [9.17, 15) is 0 Å². The predicted molar refractivity (Wildman–Crippen MR) is 54.1 cm³/mol. The number of hydrogen-bond donors (Lipinski definition) is 0. The van der Waals surface area contributed by atoms with Gasteiger partial charge in [-0.05, 0) is 32.4 Å². The Morgan fingerprint density at radius 2 is 1.77 bits per heavy atom. The van der Waals surface area contributed by atoms with Crippen LogP contribution < -0.4 is 0 Å². The van der Waals surface area contributed by atoms with Gasteiger partial charge in [0.05, 0.1) is 0 Å². The summed E-state index contributed by atoms with van der Waals surface area (Å²) in [6.45, 7) is 10.4. The van der Waals surface area contributed by atoms with E-state index >= 15 is 0 Å². The monoisotopic (exact) mass is 201 g/mol. The third kappa shape index (κ3) is 2.02. The largest absolute Gasteiger partial charge is 0.296 e. The molecule has 0 amide bonds. The fourth-order valence-electron chi connectivity index (χ4n) is 1.27. The molecule has 0 atom stereocenters. The van der Waals surface area contributed by atoms with Crippen LogP contribution >= 0.6 is 11.6 Å². The standard InChI is InChI=1S/C9H16ClN3/c1-6(2)7-11-12-8(10)13(7)9(3,4)5/h6H,1-5H3. The molecule has 13 heavy (non-hydrogen) atoms. The fraction of sp³-hybridized carbons (Fsp3) is 0.778. The Kier molecular flexibility index (Phi) is 2.66. The van der Waals surface area contributed by atoms with Crippen LogP contribution in [0.3, 0.4) is 0 Å². The van der Waals surface area contributed by atoms with E-state index < -0.39 is 0 Å². The molecule has 0 aliphatic heterocycles. The van der Waals surface area contributed by atoms with Crippen molar-refractivity contribution in [2.45, 2.75) is 46.1 Å². The smallest absolute Gasteiger partial charge is 0.225 e. The first kappa shape index (κ1) is 10.5. The zero-order valence-corrected chi connectivity index (χ0v) is 9.55. The third-order valence-electron chi connectivity index (χ3n) is 1.84. The summed E-state index contributed by atoms with van der Waals surface area (Å²) in [7, 11) is 0. The van der Waals surface area contributed by atoms with Crippen molar-refractivity contribution in [3.8, 4) is 0 Å². The first-order valence-corrected chi connectivity index (χ1v) is 4.83. The van der Waals surface area contributed by atoms with E-state index in [1.807, 2.05) is 4.57 Å². The minimum Gasteiger partial charge on any atom is -0.296 e. The van der Waals surface area contributed by atoms with Gasteiger partial charge in [-0.3, -0.25) is 4.57 Å². The Hall–Kier alpha value is -0.570.